The SMILES string of the molecule is Cl.O.O=C(O)CC(CC(=O)O)(OP(=O)(O)O)C(=O)O.[H-].[H-].[Na+].[Na+]. The van der Waals surface area contributed by atoms with Gasteiger partial charge in [0.1, 0.15) is 0 Å². The van der Waals surface area contributed by atoms with Gasteiger partial charge in [-0.05, 0) is 0 Å². The fourth-order valence-corrected chi connectivity index (χ4v) is 1.70. The first kappa shape index (κ1) is 33.4. The van der Waals surface area contributed by atoms with Crippen LogP contribution in [-0.4, -0.2) is 54.1 Å². The Morgan fingerprint density at radius 1 is 1.00 bits per heavy atom. The molecule has 11 nitrogen and oxygen atoms in total. The summed E-state index contributed by atoms with van der Waals surface area (Å²) < 4.78 is 14.4. The number of phosphoric ester groups is 1. The number of carboxylic acid groups (broad SMARTS) is 3. The summed E-state index contributed by atoms with van der Waals surface area (Å²) in [6, 6.07) is 0. The predicted octanol–water partition coefficient (Wildman–Crippen LogP) is -7.30. The van der Waals surface area contributed by atoms with Crippen LogP contribution in [-0.2, 0) is 23.5 Å². The van der Waals surface area contributed by atoms with Gasteiger partial charge in [0.15, 0.2) is 5.60 Å². The van der Waals surface area contributed by atoms with Gasteiger partial charge in [-0.3, -0.25) is 14.1 Å². The maximum atomic E-state index is 10.8. The quantitative estimate of drug-likeness (QED) is 0.210. The first-order chi connectivity index (χ1) is 7.48. The molecule has 0 aromatic carbocycles. The van der Waals surface area contributed by atoms with E-state index in [9.17, 15) is 18.9 Å². The molecule has 0 saturated heterocycles. The number of halogens is 1. The third kappa shape index (κ3) is 14.1. The van der Waals surface area contributed by atoms with Crippen LogP contribution in [0.4, 0.5) is 0 Å². The van der Waals surface area contributed by atoms with E-state index in [-0.39, 0.29) is 79.9 Å². The molecule has 0 atom stereocenters. The summed E-state index contributed by atoms with van der Waals surface area (Å²) in [7, 11) is -5.36. The second kappa shape index (κ2) is 13.2. The Hall–Kier alpha value is 0.770. The molecule has 0 aliphatic rings. The van der Waals surface area contributed by atoms with Crippen LogP contribution < -0.4 is 59.1 Å². The van der Waals surface area contributed by atoms with Crippen molar-refractivity contribution in [3.8, 4) is 0 Å². The minimum Gasteiger partial charge on any atom is -1.00 e. The van der Waals surface area contributed by atoms with Crippen LogP contribution >= 0.6 is 20.2 Å². The molecular formula is C6H14ClNa2O11P. The van der Waals surface area contributed by atoms with Crippen LogP contribution in [0.15, 0.2) is 0 Å². The Balaban J connectivity index is -0.0000000853. The summed E-state index contributed by atoms with van der Waals surface area (Å²) in [5.41, 5.74) is -3.02. The van der Waals surface area contributed by atoms with Crippen molar-refractivity contribution in [3.63, 3.8) is 0 Å². The molecule has 0 fully saturated rings. The standard InChI is InChI=1S/C6H9O10P.ClH.2Na.H2O.2H/c7-3(8)1-6(5(11)12,2-4(9)10)16-17(13,14)15;;;;;;/h1-2H2,(H,7,8)(H,9,10)(H,11,12)(H2,13,14,15);1H;;;1H2;;/q;;2*+1;;2*-1. The number of hydrogen-bond acceptors (Lipinski definition) is 5. The number of hydrogen-bond donors (Lipinski definition) is 5. The molecule has 7 N–H and O–H groups in total. The summed E-state index contributed by atoms with van der Waals surface area (Å²) in [5, 5.41) is 25.5. The van der Waals surface area contributed by atoms with Crippen molar-refractivity contribution in [2.45, 2.75) is 18.4 Å². The zero-order valence-electron chi connectivity index (χ0n) is 13.0. The van der Waals surface area contributed by atoms with Gasteiger partial charge in [0, 0.05) is 0 Å². The van der Waals surface area contributed by atoms with E-state index in [0.29, 0.717) is 0 Å². The molecule has 0 unspecified atom stereocenters. The molecule has 0 radical (unpaired) electrons. The summed E-state index contributed by atoms with van der Waals surface area (Å²) in [4.78, 5) is 48.5. The van der Waals surface area contributed by atoms with E-state index in [1.54, 1.807) is 0 Å². The van der Waals surface area contributed by atoms with Gasteiger partial charge in [-0.2, -0.15) is 0 Å². The van der Waals surface area contributed by atoms with Gasteiger partial charge in [-0.25, -0.2) is 9.36 Å². The van der Waals surface area contributed by atoms with Gasteiger partial charge >= 0.3 is 84.8 Å². The smallest absolute Gasteiger partial charge is 1.00 e. The second-order valence-corrected chi connectivity index (χ2v) is 4.19. The first-order valence-corrected chi connectivity index (χ1v) is 5.45. The van der Waals surface area contributed by atoms with Crippen molar-refractivity contribution in [1.82, 2.24) is 0 Å². The Morgan fingerprint density at radius 2 is 1.29 bits per heavy atom. The normalized spacial score (nSPS) is 9.81. The van der Waals surface area contributed by atoms with Gasteiger partial charge in [0.05, 0.1) is 12.8 Å². The average Bonchev–Trinajstić information content (AvgIpc) is 1.96. The molecule has 0 aromatic heterocycles. The van der Waals surface area contributed by atoms with E-state index in [0.717, 1.165) is 0 Å². The molecule has 0 aromatic rings. The zero-order valence-corrected chi connectivity index (χ0v) is 16.8. The van der Waals surface area contributed by atoms with Crippen LogP contribution in [0.25, 0.3) is 0 Å². The number of carbonyl (C=O) groups is 3. The summed E-state index contributed by atoms with van der Waals surface area (Å²) in [6.45, 7) is 0. The minimum absolute atomic E-state index is 0. The van der Waals surface area contributed by atoms with Crippen LogP contribution in [0.5, 0.6) is 0 Å². The summed E-state index contributed by atoms with van der Waals surface area (Å²) in [5.74, 6) is -5.64. The van der Waals surface area contributed by atoms with Crippen molar-refractivity contribution in [1.29, 1.82) is 0 Å². The van der Waals surface area contributed by atoms with Gasteiger partial charge in [-0.15, -0.1) is 12.4 Å². The van der Waals surface area contributed by atoms with Crippen molar-refractivity contribution in [2.75, 3.05) is 0 Å². The molecule has 0 bridgehead atoms. The Labute approximate surface area is 171 Å². The summed E-state index contributed by atoms with van der Waals surface area (Å²) >= 11 is 0. The predicted molar refractivity (Wildman–Crippen MR) is 61.1 cm³/mol. The van der Waals surface area contributed by atoms with Gasteiger partial charge in [0.25, 0.3) is 0 Å². The molecule has 0 heterocycles. The van der Waals surface area contributed by atoms with E-state index < -0.39 is 44.2 Å². The Bertz CT molecular complexity index is 390. The van der Waals surface area contributed by atoms with E-state index in [2.05, 4.69) is 4.52 Å². The molecule has 0 aliphatic carbocycles. The number of phosphoric acid groups is 1. The fraction of sp³-hybridized carbons (Fsp3) is 0.500. The van der Waals surface area contributed by atoms with E-state index >= 15 is 0 Å². The van der Waals surface area contributed by atoms with Crippen molar-refractivity contribution >= 4 is 38.1 Å². The molecule has 15 heteroatoms. The third-order valence-electron chi connectivity index (χ3n) is 1.56. The second-order valence-electron chi connectivity index (χ2n) is 3.02. The maximum absolute atomic E-state index is 10.8. The Kier molecular flexibility index (Phi) is 21.0. The average molecular weight is 375 g/mol. The molecule has 118 valence electrons. The van der Waals surface area contributed by atoms with Crippen molar-refractivity contribution < 1.29 is 116 Å². The molecule has 0 aliphatic heterocycles. The van der Waals surface area contributed by atoms with Gasteiger partial charge < -0.3 is 33.4 Å². The fourth-order valence-electron chi connectivity index (χ4n) is 1.03. The van der Waals surface area contributed by atoms with Crippen LogP contribution in [0, 0.1) is 0 Å². The molecule has 0 spiro atoms. The molecule has 0 rings (SSSR count). The van der Waals surface area contributed by atoms with E-state index in [1.165, 1.54) is 0 Å². The van der Waals surface area contributed by atoms with Gasteiger partial charge in [-0.1, -0.05) is 0 Å². The largest absolute Gasteiger partial charge is 1.00 e. The number of aliphatic carboxylic acids is 3. The minimum atomic E-state index is -5.36. The molecule has 0 amide bonds. The number of carboxylic acids is 3. The van der Waals surface area contributed by atoms with Crippen LogP contribution in [0.2, 0.25) is 0 Å². The van der Waals surface area contributed by atoms with Crippen LogP contribution in [0.3, 0.4) is 0 Å². The van der Waals surface area contributed by atoms with Crippen LogP contribution in [0.1, 0.15) is 15.7 Å². The maximum Gasteiger partial charge on any atom is 1.00 e. The van der Waals surface area contributed by atoms with E-state index in [4.69, 9.17) is 25.1 Å². The number of rotatable bonds is 7. The summed E-state index contributed by atoms with van der Waals surface area (Å²) in [6.07, 6.45) is -2.81. The topological polar surface area (TPSA) is 210 Å². The first-order valence-electron chi connectivity index (χ1n) is 3.92. The third-order valence-corrected chi connectivity index (χ3v) is 2.14. The van der Waals surface area contributed by atoms with Gasteiger partial charge in [0.2, 0.25) is 0 Å². The molecule has 0 saturated carbocycles. The molecular weight excluding hydrogens is 360 g/mol. The molecule has 21 heavy (non-hydrogen) atoms. The Morgan fingerprint density at radius 3 is 1.43 bits per heavy atom. The van der Waals surface area contributed by atoms with E-state index in [1.807, 2.05) is 0 Å². The van der Waals surface area contributed by atoms with Crippen molar-refractivity contribution in [2.24, 2.45) is 0 Å². The van der Waals surface area contributed by atoms with Crippen molar-refractivity contribution in [3.05, 3.63) is 0 Å². The monoisotopic (exact) mass is 374 g/mol. The zero-order chi connectivity index (χ0) is 13.9.